The number of nitrogens with zero attached hydrogens (tertiary/aromatic N) is 2. The first-order chi connectivity index (χ1) is 9.31. The lowest BCUT2D eigenvalue weighted by molar-refractivity contribution is -0.134. The van der Waals surface area contributed by atoms with Gasteiger partial charge in [-0.2, -0.15) is 13.2 Å². The van der Waals surface area contributed by atoms with Crippen LogP contribution in [-0.4, -0.2) is 23.0 Å². The molecule has 0 saturated heterocycles. The Hall–Kier alpha value is -1.67. The maximum absolute atomic E-state index is 12.5. The standard InChI is InChI=1S/C11H6ClF3N2O2S/c1-19-10(18)5-2-6(17-8(12)3-5)9-16-4-7(20-9)11(13,14)15/h2-4H,1H3. The van der Waals surface area contributed by atoms with Crippen molar-refractivity contribution in [2.24, 2.45) is 0 Å². The Morgan fingerprint density at radius 3 is 2.65 bits per heavy atom. The van der Waals surface area contributed by atoms with Crippen molar-refractivity contribution < 1.29 is 22.7 Å². The predicted octanol–water partition coefficient (Wildman–Crippen LogP) is 3.66. The number of carbonyl (C=O) groups excluding carboxylic acids is 1. The first-order valence-electron chi connectivity index (χ1n) is 5.10. The highest BCUT2D eigenvalue weighted by molar-refractivity contribution is 7.15. The van der Waals surface area contributed by atoms with Crippen molar-refractivity contribution in [3.05, 3.63) is 33.9 Å². The van der Waals surface area contributed by atoms with E-state index in [1.807, 2.05) is 0 Å². The molecular formula is C11H6ClF3N2O2S. The van der Waals surface area contributed by atoms with Crippen molar-refractivity contribution in [1.29, 1.82) is 0 Å². The molecule has 0 unspecified atom stereocenters. The molecule has 106 valence electrons. The van der Waals surface area contributed by atoms with Crippen LogP contribution in [0.2, 0.25) is 5.15 Å². The molecule has 0 atom stereocenters. The summed E-state index contributed by atoms with van der Waals surface area (Å²) in [5.41, 5.74) is 0.171. The second-order valence-corrected chi connectivity index (χ2v) is 5.00. The predicted molar refractivity (Wildman–Crippen MR) is 66.7 cm³/mol. The van der Waals surface area contributed by atoms with Crippen molar-refractivity contribution in [3.63, 3.8) is 0 Å². The Labute approximate surface area is 120 Å². The minimum atomic E-state index is -4.47. The number of pyridine rings is 1. The van der Waals surface area contributed by atoms with Gasteiger partial charge in [-0.05, 0) is 12.1 Å². The van der Waals surface area contributed by atoms with Crippen molar-refractivity contribution in [2.45, 2.75) is 6.18 Å². The van der Waals surface area contributed by atoms with Gasteiger partial charge in [-0.1, -0.05) is 11.6 Å². The summed E-state index contributed by atoms with van der Waals surface area (Å²) in [4.78, 5) is 18.1. The average Bonchev–Trinajstić information content (AvgIpc) is 2.86. The largest absolute Gasteiger partial charge is 0.465 e. The quantitative estimate of drug-likeness (QED) is 0.625. The van der Waals surface area contributed by atoms with Crippen LogP contribution in [0.1, 0.15) is 15.2 Å². The van der Waals surface area contributed by atoms with Crippen LogP contribution in [0.15, 0.2) is 18.3 Å². The number of halogens is 4. The molecule has 2 heterocycles. The topological polar surface area (TPSA) is 52.1 Å². The molecule has 20 heavy (non-hydrogen) atoms. The number of carbonyl (C=O) groups is 1. The Morgan fingerprint density at radius 2 is 2.10 bits per heavy atom. The van der Waals surface area contributed by atoms with Crippen molar-refractivity contribution >= 4 is 28.9 Å². The fraction of sp³-hybridized carbons (Fsp3) is 0.182. The molecule has 4 nitrogen and oxygen atoms in total. The maximum Gasteiger partial charge on any atom is 0.427 e. The number of hydrogen-bond acceptors (Lipinski definition) is 5. The lowest BCUT2D eigenvalue weighted by Gasteiger charge is -2.03. The maximum atomic E-state index is 12.5. The van der Waals surface area contributed by atoms with Crippen LogP contribution in [0.3, 0.4) is 0 Å². The van der Waals surface area contributed by atoms with Crippen LogP contribution in [0.5, 0.6) is 0 Å². The molecule has 2 aromatic rings. The van der Waals surface area contributed by atoms with E-state index in [9.17, 15) is 18.0 Å². The fourth-order valence-electron chi connectivity index (χ4n) is 1.37. The van der Waals surface area contributed by atoms with Crippen LogP contribution < -0.4 is 0 Å². The molecule has 2 rings (SSSR count). The third-order valence-corrected chi connectivity index (χ3v) is 3.48. The Bertz CT molecular complexity index is 657. The molecule has 0 fully saturated rings. The van der Waals surface area contributed by atoms with Crippen LogP contribution >= 0.6 is 22.9 Å². The lowest BCUT2D eigenvalue weighted by Crippen LogP contribution is -2.02. The zero-order chi connectivity index (χ0) is 14.9. The van der Waals surface area contributed by atoms with Gasteiger partial charge < -0.3 is 4.74 Å². The van der Waals surface area contributed by atoms with Crippen LogP contribution in [-0.2, 0) is 10.9 Å². The van der Waals surface area contributed by atoms with E-state index in [0.29, 0.717) is 17.5 Å². The van der Waals surface area contributed by atoms with E-state index in [2.05, 4.69) is 14.7 Å². The molecule has 0 aliphatic heterocycles. The molecule has 0 aromatic carbocycles. The van der Waals surface area contributed by atoms with Gasteiger partial charge in [0.15, 0.2) is 0 Å². The van der Waals surface area contributed by atoms with Crippen LogP contribution in [0.4, 0.5) is 13.2 Å². The third-order valence-electron chi connectivity index (χ3n) is 2.22. The van der Waals surface area contributed by atoms with E-state index in [4.69, 9.17) is 11.6 Å². The number of esters is 1. The van der Waals surface area contributed by atoms with Crippen LogP contribution in [0, 0.1) is 0 Å². The van der Waals surface area contributed by atoms with E-state index >= 15 is 0 Å². The Morgan fingerprint density at radius 1 is 1.40 bits per heavy atom. The number of aromatic nitrogens is 2. The number of hydrogen-bond donors (Lipinski definition) is 0. The van der Waals surface area contributed by atoms with Gasteiger partial charge in [-0.15, -0.1) is 11.3 Å². The molecule has 0 saturated carbocycles. The number of rotatable bonds is 2. The molecule has 0 N–H and O–H groups in total. The van der Waals surface area contributed by atoms with Gasteiger partial charge in [-0.25, -0.2) is 14.8 Å². The highest BCUT2D eigenvalue weighted by atomic mass is 35.5. The first-order valence-corrected chi connectivity index (χ1v) is 6.30. The van der Waals surface area contributed by atoms with E-state index in [0.717, 1.165) is 0 Å². The summed E-state index contributed by atoms with van der Waals surface area (Å²) in [7, 11) is 1.18. The number of ether oxygens (including phenoxy) is 1. The summed E-state index contributed by atoms with van der Waals surface area (Å²) in [5, 5.41) is -0.0170. The van der Waals surface area contributed by atoms with Gasteiger partial charge in [-0.3, -0.25) is 0 Å². The van der Waals surface area contributed by atoms with E-state index in [-0.39, 0.29) is 21.4 Å². The summed E-state index contributed by atoms with van der Waals surface area (Å²) in [6.45, 7) is 0. The average molecular weight is 323 g/mol. The van der Waals surface area contributed by atoms with Gasteiger partial charge in [0.25, 0.3) is 0 Å². The molecular weight excluding hydrogens is 317 g/mol. The second kappa shape index (κ2) is 5.37. The van der Waals surface area contributed by atoms with E-state index in [1.54, 1.807) is 0 Å². The fourth-order valence-corrected chi connectivity index (χ4v) is 2.32. The molecule has 0 aliphatic rings. The highest BCUT2D eigenvalue weighted by Crippen LogP contribution is 2.36. The van der Waals surface area contributed by atoms with Crippen molar-refractivity contribution in [3.8, 4) is 10.7 Å². The lowest BCUT2D eigenvalue weighted by atomic mass is 10.2. The minimum absolute atomic E-state index is 0.0185. The van der Waals surface area contributed by atoms with Crippen molar-refractivity contribution in [2.75, 3.05) is 7.11 Å². The highest BCUT2D eigenvalue weighted by Gasteiger charge is 2.33. The van der Waals surface area contributed by atoms with Crippen LogP contribution in [0.25, 0.3) is 10.7 Å². The molecule has 2 aromatic heterocycles. The number of alkyl halides is 3. The molecule has 0 bridgehead atoms. The van der Waals surface area contributed by atoms with Gasteiger partial charge in [0, 0.05) is 0 Å². The van der Waals surface area contributed by atoms with Crippen molar-refractivity contribution in [1.82, 2.24) is 9.97 Å². The SMILES string of the molecule is COC(=O)c1cc(Cl)nc(-c2ncc(C(F)(F)F)s2)c1. The minimum Gasteiger partial charge on any atom is -0.465 e. The smallest absolute Gasteiger partial charge is 0.427 e. The van der Waals surface area contributed by atoms with Gasteiger partial charge >= 0.3 is 12.1 Å². The summed E-state index contributed by atoms with van der Waals surface area (Å²) in [5.74, 6) is -0.664. The Kier molecular flexibility index (Phi) is 3.96. The van der Waals surface area contributed by atoms with Gasteiger partial charge in [0.1, 0.15) is 20.7 Å². The first kappa shape index (κ1) is 14.7. The third kappa shape index (κ3) is 3.07. The van der Waals surface area contributed by atoms with E-state index in [1.165, 1.54) is 19.2 Å². The van der Waals surface area contributed by atoms with Gasteiger partial charge in [0.05, 0.1) is 18.9 Å². The molecule has 0 radical (unpaired) electrons. The zero-order valence-corrected chi connectivity index (χ0v) is 11.4. The summed E-state index contributed by atoms with van der Waals surface area (Å²) < 4.78 is 42.0. The second-order valence-electron chi connectivity index (χ2n) is 3.58. The van der Waals surface area contributed by atoms with Gasteiger partial charge in [0.2, 0.25) is 0 Å². The molecule has 0 spiro atoms. The van der Waals surface area contributed by atoms with E-state index < -0.39 is 17.0 Å². The normalized spacial score (nSPS) is 11.4. The molecule has 9 heteroatoms. The Balaban J connectivity index is 2.45. The number of thiazole rings is 1. The monoisotopic (exact) mass is 322 g/mol. The molecule has 0 aliphatic carbocycles. The summed E-state index contributed by atoms with van der Waals surface area (Å²) >= 11 is 6.15. The zero-order valence-electron chi connectivity index (χ0n) is 9.86. The summed E-state index contributed by atoms with van der Waals surface area (Å²) in [6.07, 6.45) is -3.76. The summed E-state index contributed by atoms with van der Waals surface area (Å²) in [6, 6.07) is 2.53. The molecule has 0 amide bonds. The number of methoxy groups -OCH3 is 1.